The molecule has 2 aliphatic rings. The second-order valence-electron chi connectivity index (χ2n) is 9.52. The molecular formula is C27H33BF2N2O2. The van der Waals surface area contributed by atoms with Crippen molar-refractivity contribution >= 4 is 24.2 Å². The van der Waals surface area contributed by atoms with Crippen molar-refractivity contribution in [2.45, 2.75) is 74.3 Å². The average molecular weight is 466 g/mol. The van der Waals surface area contributed by atoms with E-state index in [0.717, 1.165) is 33.4 Å². The van der Waals surface area contributed by atoms with Crippen molar-refractivity contribution in [3.8, 4) is 0 Å². The van der Waals surface area contributed by atoms with Crippen LogP contribution in [0.1, 0.15) is 86.4 Å². The van der Waals surface area contributed by atoms with Gasteiger partial charge in [-0.1, -0.05) is 26.0 Å². The molecule has 0 unspecified atom stereocenters. The standard InChI is InChI=1S/C27H33BF2N2O2/c1-9-22-16(5)25-24(20-11-13-21(14-12-20)27(33)34-15(3)4)26-17(6)23(10-2)19(8)32(26)28(29,30)31(25)18(22)7/h11-15H,9-10H2,1-8H3. The number of rotatable bonds is 5. The molecule has 4 rings (SSSR count). The minimum absolute atomic E-state index is 0.216. The van der Waals surface area contributed by atoms with Crippen molar-refractivity contribution in [2.75, 3.05) is 0 Å². The maximum atomic E-state index is 16.3. The van der Waals surface area contributed by atoms with Crippen molar-refractivity contribution in [1.82, 2.24) is 4.48 Å². The van der Waals surface area contributed by atoms with Gasteiger partial charge >= 0.3 is 12.9 Å². The van der Waals surface area contributed by atoms with Gasteiger partial charge in [0.25, 0.3) is 0 Å². The van der Waals surface area contributed by atoms with Gasteiger partial charge in [-0.2, -0.15) is 0 Å². The highest BCUT2D eigenvalue weighted by molar-refractivity contribution is 6.58. The number of carbonyl (C=O) groups excluding carboxylic acids is 1. The zero-order chi connectivity index (χ0) is 25.1. The molecule has 0 bridgehead atoms. The molecule has 3 heterocycles. The lowest BCUT2D eigenvalue weighted by atomic mass is 9.83. The summed E-state index contributed by atoms with van der Waals surface area (Å²) in [6.45, 7) is 11.1. The van der Waals surface area contributed by atoms with Crippen LogP contribution in [-0.4, -0.2) is 33.7 Å². The van der Waals surface area contributed by atoms with Crippen molar-refractivity contribution in [2.24, 2.45) is 0 Å². The number of benzene rings is 1. The number of carbonyl (C=O) groups is 1. The number of esters is 1. The Morgan fingerprint density at radius 1 is 1.06 bits per heavy atom. The van der Waals surface area contributed by atoms with Crippen LogP contribution in [0.15, 0.2) is 41.1 Å². The molecular weight excluding hydrogens is 433 g/mol. The van der Waals surface area contributed by atoms with E-state index < -0.39 is 12.9 Å². The largest absolute Gasteiger partial charge is 0.737 e. The third kappa shape index (κ3) is 3.31. The van der Waals surface area contributed by atoms with Gasteiger partial charge in [0.1, 0.15) is 5.71 Å². The van der Waals surface area contributed by atoms with E-state index in [-0.39, 0.29) is 6.10 Å². The summed E-state index contributed by atoms with van der Waals surface area (Å²) >= 11 is 0. The van der Waals surface area contributed by atoms with E-state index in [0.29, 0.717) is 41.2 Å². The smallest absolute Gasteiger partial charge is 0.459 e. The van der Waals surface area contributed by atoms with Crippen LogP contribution in [-0.2, 0) is 11.2 Å². The van der Waals surface area contributed by atoms with Crippen molar-refractivity contribution in [3.63, 3.8) is 0 Å². The van der Waals surface area contributed by atoms with Crippen molar-refractivity contribution in [3.05, 3.63) is 74.8 Å². The topological polar surface area (TPSA) is 34.2 Å². The molecule has 4 nitrogen and oxygen atoms in total. The number of nitrogens with zero attached hydrogens (tertiary/aromatic N) is 2. The second kappa shape index (κ2) is 8.37. The van der Waals surface area contributed by atoms with Crippen LogP contribution >= 0.6 is 0 Å². The third-order valence-corrected chi connectivity index (χ3v) is 7.25. The van der Waals surface area contributed by atoms with Crippen LogP contribution in [0.5, 0.6) is 0 Å². The predicted molar refractivity (Wildman–Crippen MR) is 134 cm³/mol. The molecule has 0 spiro atoms. The van der Waals surface area contributed by atoms with Crippen LogP contribution in [0.2, 0.25) is 0 Å². The number of hydrogen-bond donors (Lipinski definition) is 0. The fraction of sp³-hybridized carbons (Fsp3) is 0.407. The molecule has 180 valence electrons. The first-order valence-electron chi connectivity index (χ1n) is 12.1. The number of allylic oxidation sites excluding steroid dienone is 2. The molecule has 7 heteroatoms. The van der Waals surface area contributed by atoms with E-state index in [1.54, 1.807) is 39.8 Å². The van der Waals surface area contributed by atoms with Gasteiger partial charge in [0.15, 0.2) is 5.70 Å². The number of ether oxygens (including phenoxy) is 1. The predicted octanol–water partition coefficient (Wildman–Crippen LogP) is 6.44. The van der Waals surface area contributed by atoms with Crippen LogP contribution in [0, 0.1) is 13.8 Å². The molecule has 34 heavy (non-hydrogen) atoms. The fourth-order valence-electron chi connectivity index (χ4n) is 5.81. The maximum Gasteiger partial charge on any atom is 0.737 e. The van der Waals surface area contributed by atoms with Gasteiger partial charge in [0, 0.05) is 23.8 Å². The Hall–Kier alpha value is -2.96. The molecule has 0 amide bonds. The third-order valence-electron chi connectivity index (χ3n) is 7.25. The first-order chi connectivity index (χ1) is 16.0. The molecule has 0 fully saturated rings. The first kappa shape index (κ1) is 24.2. The van der Waals surface area contributed by atoms with E-state index >= 15 is 8.63 Å². The van der Waals surface area contributed by atoms with Crippen LogP contribution in [0.25, 0.3) is 5.57 Å². The Morgan fingerprint density at radius 2 is 1.68 bits per heavy atom. The van der Waals surface area contributed by atoms with Crippen LogP contribution in [0.3, 0.4) is 0 Å². The summed E-state index contributed by atoms with van der Waals surface area (Å²) in [6, 6.07) is 7.13. The number of hydrogen-bond acceptors (Lipinski definition) is 2. The summed E-state index contributed by atoms with van der Waals surface area (Å²) < 4.78 is 40.4. The lowest BCUT2D eigenvalue weighted by Crippen LogP contribution is -2.51. The van der Waals surface area contributed by atoms with E-state index in [2.05, 4.69) is 0 Å². The van der Waals surface area contributed by atoms with Gasteiger partial charge in [-0.15, -0.1) is 0 Å². The molecule has 0 saturated carbocycles. The van der Waals surface area contributed by atoms with E-state index in [1.807, 2.05) is 39.8 Å². The minimum Gasteiger partial charge on any atom is -0.459 e. The zero-order valence-corrected chi connectivity index (χ0v) is 21.3. The Kier molecular flexibility index (Phi) is 5.95. The molecule has 2 aromatic rings. The Balaban J connectivity index is 2.04. The summed E-state index contributed by atoms with van der Waals surface area (Å²) in [6.07, 6.45) is 1.15. The minimum atomic E-state index is -4.05. The number of fused-ring (bicyclic) bond motifs is 2. The Morgan fingerprint density at radius 3 is 2.21 bits per heavy atom. The molecule has 1 aromatic heterocycles. The molecule has 0 saturated heterocycles. The lowest BCUT2D eigenvalue weighted by molar-refractivity contribution is -0.363. The van der Waals surface area contributed by atoms with E-state index in [4.69, 9.17) is 4.74 Å². The lowest BCUT2D eigenvalue weighted by Gasteiger charge is -2.34. The van der Waals surface area contributed by atoms with Gasteiger partial charge in [-0.25, -0.2) is 4.79 Å². The fourth-order valence-corrected chi connectivity index (χ4v) is 5.81. The SMILES string of the molecule is CCC1=C(C)C2=C(c3ccc(C(=O)OC(C)C)cc3)c3c(C)c(CC)c(C)n3[B-](F)(F)[N+]2=C1C. The summed E-state index contributed by atoms with van der Waals surface area (Å²) in [5.41, 5.74) is 8.13. The average Bonchev–Trinajstić information content (AvgIpc) is 3.18. The summed E-state index contributed by atoms with van der Waals surface area (Å²) in [5, 5.41) is 0. The highest BCUT2D eigenvalue weighted by Crippen LogP contribution is 2.47. The van der Waals surface area contributed by atoms with Crippen molar-refractivity contribution < 1.29 is 22.6 Å². The van der Waals surface area contributed by atoms with Crippen LogP contribution in [0.4, 0.5) is 8.63 Å². The van der Waals surface area contributed by atoms with Crippen LogP contribution < -0.4 is 0 Å². The van der Waals surface area contributed by atoms with E-state index in [1.165, 1.54) is 8.96 Å². The Bertz CT molecular complexity index is 1290. The molecule has 0 aliphatic carbocycles. The van der Waals surface area contributed by atoms with Gasteiger partial charge < -0.3 is 22.3 Å². The highest BCUT2D eigenvalue weighted by Gasteiger charge is 2.56. The highest BCUT2D eigenvalue weighted by atomic mass is 19.2. The summed E-state index contributed by atoms with van der Waals surface area (Å²) in [4.78, 5) is 12.4. The molecule has 2 aliphatic heterocycles. The van der Waals surface area contributed by atoms with Gasteiger partial charge in [-0.3, -0.25) is 0 Å². The van der Waals surface area contributed by atoms with Gasteiger partial charge in [0.2, 0.25) is 0 Å². The van der Waals surface area contributed by atoms with E-state index in [9.17, 15) is 4.79 Å². The molecule has 0 atom stereocenters. The zero-order valence-electron chi connectivity index (χ0n) is 21.3. The summed E-state index contributed by atoms with van der Waals surface area (Å²) in [5.74, 6) is -0.391. The first-order valence-corrected chi connectivity index (χ1v) is 12.1. The molecule has 0 radical (unpaired) electrons. The Labute approximate surface area is 200 Å². The monoisotopic (exact) mass is 466 g/mol. The normalized spacial score (nSPS) is 17.0. The van der Waals surface area contributed by atoms with Gasteiger partial charge in [0.05, 0.1) is 17.2 Å². The van der Waals surface area contributed by atoms with Gasteiger partial charge in [-0.05, 0) is 82.0 Å². The maximum absolute atomic E-state index is 16.3. The molecule has 0 N–H and O–H groups in total. The number of halogens is 2. The second-order valence-corrected chi connectivity index (χ2v) is 9.52. The number of aromatic nitrogens is 1. The quantitative estimate of drug-likeness (QED) is 0.375. The molecule has 1 aromatic carbocycles. The summed E-state index contributed by atoms with van der Waals surface area (Å²) in [7, 11) is 0. The van der Waals surface area contributed by atoms with Crippen molar-refractivity contribution in [1.29, 1.82) is 0 Å².